The number of ether oxygens (including phenoxy) is 2. The Balaban J connectivity index is 1.30. The van der Waals surface area contributed by atoms with Crippen LogP contribution >= 0.6 is 0 Å². The Hall–Kier alpha value is -3.59. The molecule has 1 fully saturated rings. The van der Waals surface area contributed by atoms with Crippen LogP contribution in [0.5, 0.6) is 11.5 Å². The standard InChI is InChI=1S/C24H29N5O4/c1-4-17-5-7-19(8-6-17)25-24(30)29-11-9-28(10-12-29)16-22-26-23(33-27-22)18-13-20(31-2)15-21(14-18)32-3/h5-8,13-15H,4,9-12,16H2,1-3H3,(H,25,30). The van der Waals surface area contributed by atoms with Crippen molar-refractivity contribution in [2.24, 2.45) is 0 Å². The minimum absolute atomic E-state index is 0.0762. The van der Waals surface area contributed by atoms with Gasteiger partial charge in [0.05, 0.1) is 20.8 Å². The number of carbonyl (C=O) groups excluding carboxylic acids is 1. The maximum atomic E-state index is 12.6. The van der Waals surface area contributed by atoms with Crippen molar-refractivity contribution in [1.82, 2.24) is 19.9 Å². The van der Waals surface area contributed by atoms with Crippen LogP contribution in [0.15, 0.2) is 47.0 Å². The number of rotatable bonds is 7. The number of anilines is 1. The molecular formula is C24H29N5O4. The van der Waals surface area contributed by atoms with Gasteiger partial charge in [0.1, 0.15) is 11.5 Å². The second-order valence-corrected chi connectivity index (χ2v) is 7.86. The highest BCUT2D eigenvalue weighted by Gasteiger charge is 2.23. The number of aryl methyl sites for hydroxylation is 1. The molecule has 9 heteroatoms. The number of hydrogen-bond acceptors (Lipinski definition) is 7. The highest BCUT2D eigenvalue weighted by Crippen LogP contribution is 2.29. The lowest BCUT2D eigenvalue weighted by Crippen LogP contribution is -2.49. The van der Waals surface area contributed by atoms with Crippen molar-refractivity contribution in [3.63, 3.8) is 0 Å². The molecule has 0 unspecified atom stereocenters. The zero-order valence-electron chi connectivity index (χ0n) is 19.2. The number of nitrogens with zero attached hydrogens (tertiary/aromatic N) is 4. The summed E-state index contributed by atoms with van der Waals surface area (Å²) in [7, 11) is 3.19. The number of methoxy groups -OCH3 is 2. The SMILES string of the molecule is CCc1ccc(NC(=O)N2CCN(Cc3noc(-c4cc(OC)cc(OC)c4)n3)CC2)cc1. The molecule has 2 heterocycles. The third kappa shape index (κ3) is 5.61. The summed E-state index contributed by atoms with van der Waals surface area (Å²) in [4.78, 5) is 21.2. The minimum Gasteiger partial charge on any atom is -0.497 e. The van der Waals surface area contributed by atoms with Gasteiger partial charge >= 0.3 is 6.03 Å². The topological polar surface area (TPSA) is 93.0 Å². The average Bonchev–Trinajstić information content (AvgIpc) is 3.33. The van der Waals surface area contributed by atoms with E-state index in [1.165, 1.54) is 5.56 Å². The zero-order valence-corrected chi connectivity index (χ0v) is 19.2. The van der Waals surface area contributed by atoms with E-state index in [1.807, 2.05) is 41.3 Å². The molecule has 1 N–H and O–H groups in total. The molecule has 0 bridgehead atoms. The van der Waals surface area contributed by atoms with Crippen molar-refractivity contribution in [1.29, 1.82) is 0 Å². The Bertz CT molecular complexity index is 1050. The fourth-order valence-corrected chi connectivity index (χ4v) is 3.70. The van der Waals surface area contributed by atoms with Gasteiger partial charge in [0.15, 0.2) is 5.82 Å². The van der Waals surface area contributed by atoms with E-state index >= 15 is 0 Å². The minimum atomic E-state index is -0.0762. The third-order valence-corrected chi connectivity index (χ3v) is 5.70. The number of benzene rings is 2. The second-order valence-electron chi connectivity index (χ2n) is 7.86. The van der Waals surface area contributed by atoms with Gasteiger partial charge in [0.25, 0.3) is 5.89 Å². The van der Waals surface area contributed by atoms with Crippen LogP contribution in [0.25, 0.3) is 11.5 Å². The summed E-state index contributed by atoms with van der Waals surface area (Å²) >= 11 is 0. The number of aromatic nitrogens is 2. The van der Waals surface area contributed by atoms with Gasteiger partial charge < -0.3 is 24.2 Å². The first kappa shape index (κ1) is 22.6. The van der Waals surface area contributed by atoms with Crippen molar-refractivity contribution in [2.45, 2.75) is 19.9 Å². The molecule has 3 aromatic rings. The maximum absolute atomic E-state index is 12.6. The number of nitrogens with one attached hydrogen (secondary N) is 1. The molecule has 1 aliphatic heterocycles. The molecule has 2 aromatic carbocycles. The van der Waals surface area contributed by atoms with Gasteiger partial charge in [-0.05, 0) is 36.2 Å². The fraction of sp³-hybridized carbons (Fsp3) is 0.375. The fourth-order valence-electron chi connectivity index (χ4n) is 3.70. The van der Waals surface area contributed by atoms with Crippen LogP contribution in [-0.2, 0) is 13.0 Å². The molecular weight excluding hydrogens is 422 g/mol. The highest BCUT2D eigenvalue weighted by molar-refractivity contribution is 5.89. The first-order chi connectivity index (χ1) is 16.1. The Morgan fingerprint density at radius 3 is 2.30 bits per heavy atom. The molecule has 1 saturated heterocycles. The predicted octanol–water partition coefficient (Wildman–Crippen LogP) is 3.67. The molecule has 0 aliphatic carbocycles. The van der Waals surface area contributed by atoms with Crippen LogP contribution < -0.4 is 14.8 Å². The molecule has 0 saturated carbocycles. The summed E-state index contributed by atoms with van der Waals surface area (Å²) in [5.74, 6) is 2.31. The van der Waals surface area contributed by atoms with Gasteiger partial charge in [-0.15, -0.1) is 0 Å². The van der Waals surface area contributed by atoms with Gasteiger partial charge in [0.2, 0.25) is 0 Å². The molecule has 2 amide bonds. The van der Waals surface area contributed by atoms with Crippen molar-refractivity contribution in [3.8, 4) is 23.0 Å². The molecule has 4 rings (SSSR count). The van der Waals surface area contributed by atoms with E-state index in [1.54, 1.807) is 20.3 Å². The Labute approximate surface area is 193 Å². The largest absolute Gasteiger partial charge is 0.497 e. The zero-order chi connectivity index (χ0) is 23.2. The second kappa shape index (κ2) is 10.4. The molecule has 0 radical (unpaired) electrons. The Morgan fingerprint density at radius 2 is 1.70 bits per heavy atom. The van der Waals surface area contributed by atoms with E-state index in [9.17, 15) is 4.79 Å². The summed E-state index contributed by atoms with van der Waals surface area (Å²) in [6, 6.07) is 13.3. The van der Waals surface area contributed by atoms with Gasteiger partial charge in [-0.25, -0.2) is 4.79 Å². The van der Waals surface area contributed by atoms with Gasteiger partial charge in [-0.1, -0.05) is 24.2 Å². The van der Waals surface area contributed by atoms with E-state index in [0.29, 0.717) is 42.8 Å². The molecule has 1 aliphatic rings. The lowest BCUT2D eigenvalue weighted by atomic mass is 10.1. The van der Waals surface area contributed by atoms with E-state index in [4.69, 9.17) is 14.0 Å². The lowest BCUT2D eigenvalue weighted by molar-refractivity contribution is 0.140. The first-order valence-corrected chi connectivity index (χ1v) is 11.0. The number of piperazine rings is 1. The summed E-state index contributed by atoms with van der Waals surface area (Å²) in [5, 5.41) is 7.10. The summed E-state index contributed by atoms with van der Waals surface area (Å²) < 4.78 is 16.1. The molecule has 0 atom stereocenters. The molecule has 9 nitrogen and oxygen atoms in total. The normalized spacial score (nSPS) is 14.2. The molecule has 33 heavy (non-hydrogen) atoms. The highest BCUT2D eigenvalue weighted by atomic mass is 16.5. The third-order valence-electron chi connectivity index (χ3n) is 5.70. The van der Waals surface area contributed by atoms with Crippen molar-refractivity contribution >= 4 is 11.7 Å². The number of hydrogen-bond donors (Lipinski definition) is 1. The van der Waals surface area contributed by atoms with Crippen LogP contribution in [0.4, 0.5) is 10.5 Å². The number of urea groups is 1. The van der Waals surface area contributed by atoms with Crippen LogP contribution in [0.2, 0.25) is 0 Å². The van der Waals surface area contributed by atoms with Crippen molar-refractivity contribution in [2.75, 3.05) is 45.7 Å². The van der Waals surface area contributed by atoms with Crippen LogP contribution in [0.1, 0.15) is 18.3 Å². The van der Waals surface area contributed by atoms with Gasteiger partial charge in [-0.3, -0.25) is 4.90 Å². The molecule has 174 valence electrons. The van der Waals surface area contributed by atoms with Gasteiger partial charge in [0, 0.05) is 43.5 Å². The van der Waals surface area contributed by atoms with Crippen molar-refractivity contribution < 1.29 is 18.8 Å². The molecule has 1 aromatic heterocycles. The Kier molecular flexibility index (Phi) is 7.09. The summed E-state index contributed by atoms with van der Waals surface area (Å²) in [6.45, 7) is 5.41. The quantitative estimate of drug-likeness (QED) is 0.586. The number of carbonyl (C=O) groups is 1. The van der Waals surface area contributed by atoms with Crippen LogP contribution in [0, 0.1) is 0 Å². The van der Waals surface area contributed by atoms with Crippen LogP contribution in [0.3, 0.4) is 0 Å². The van der Waals surface area contributed by atoms with Gasteiger partial charge in [-0.2, -0.15) is 4.98 Å². The van der Waals surface area contributed by atoms with Crippen molar-refractivity contribution in [3.05, 3.63) is 53.9 Å². The molecule has 0 spiro atoms. The Morgan fingerprint density at radius 1 is 1.03 bits per heavy atom. The van der Waals surface area contributed by atoms with E-state index in [2.05, 4.69) is 27.3 Å². The predicted molar refractivity (Wildman–Crippen MR) is 125 cm³/mol. The smallest absolute Gasteiger partial charge is 0.321 e. The maximum Gasteiger partial charge on any atom is 0.321 e. The van der Waals surface area contributed by atoms with E-state index in [0.717, 1.165) is 30.8 Å². The monoisotopic (exact) mass is 451 g/mol. The van der Waals surface area contributed by atoms with E-state index in [-0.39, 0.29) is 6.03 Å². The summed E-state index contributed by atoms with van der Waals surface area (Å²) in [5.41, 5.74) is 2.79. The first-order valence-electron chi connectivity index (χ1n) is 11.0. The number of amides is 2. The summed E-state index contributed by atoms with van der Waals surface area (Å²) in [6.07, 6.45) is 0.978. The van der Waals surface area contributed by atoms with Crippen LogP contribution in [-0.4, -0.2) is 66.4 Å². The lowest BCUT2D eigenvalue weighted by Gasteiger charge is -2.34. The average molecular weight is 452 g/mol. The van der Waals surface area contributed by atoms with E-state index < -0.39 is 0 Å².